The predicted molar refractivity (Wildman–Crippen MR) is 236 cm³/mol. The molecule has 0 aliphatic carbocycles. The first-order chi connectivity index (χ1) is 26.2. The van der Waals surface area contributed by atoms with Crippen molar-refractivity contribution >= 4 is 5.97 Å². The van der Waals surface area contributed by atoms with Crippen LogP contribution in [0.1, 0.15) is 297 Å². The Labute approximate surface area is 384 Å². The monoisotopic (exact) mass is 786 g/mol. The predicted octanol–water partition coefficient (Wildman–Crippen LogP) is 13.2. The minimum absolute atomic E-state index is 0. The summed E-state index contributed by atoms with van der Waals surface area (Å²) in [5.74, 6) is -0.875. The van der Waals surface area contributed by atoms with Gasteiger partial charge in [-0.1, -0.05) is 278 Å². The molecule has 0 saturated heterocycles. The third-order valence-electron chi connectivity index (χ3n) is 12.2. The van der Waals surface area contributed by atoms with Crippen LogP contribution >= 0.6 is 0 Å². The van der Waals surface area contributed by atoms with Crippen molar-refractivity contribution in [3.8, 4) is 0 Å². The van der Waals surface area contributed by atoms with Crippen LogP contribution in [-0.4, -0.2) is 30.0 Å². The van der Waals surface area contributed by atoms with E-state index in [-0.39, 0.29) is 51.4 Å². The molecule has 0 rings (SSSR count). The third kappa shape index (κ3) is 44.2. The number of carboxylic acids is 1. The van der Waals surface area contributed by atoms with E-state index < -0.39 is 12.0 Å². The molecule has 0 bridgehead atoms. The van der Waals surface area contributed by atoms with Gasteiger partial charge in [0.2, 0.25) is 0 Å². The van der Waals surface area contributed by atoms with E-state index in [0.29, 0.717) is 6.42 Å². The Balaban J connectivity index is 0. The third-order valence-corrected chi connectivity index (χ3v) is 12.2. The number of carbonyl (C=O) groups is 1. The number of hydrogen-bond acceptors (Lipinski definition) is 3. The van der Waals surface area contributed by atoms with E-state index in [4.69, 9.17) is 0 Å². The smallest absolute Gasteiger partial charge is 0.548 e. The van der Waals surface area contributed by atoms with Crippen LogP contribution in [0.3, 0.4) is 0 Å². The number of hydrogen-bond donors (Lipinski definition) is 0. The van der Waals surface area contributed by atoms with Gasteiger partial charge >= 0.3 is 51.4 Å². The summed E-state index contributed by atoms with van der Waals surface area (Å²) >= 11 is 0. The average Bonchev–Trinajstić information content (AvgIpc) is 3.15. The van der Waals surface area contributed by atoms with Gasteiger partial charge in [-0.3, -0.25) is 4.90 Å². The van der Waals surface area contributed by atoms with Gasteiger partial charge < -0.3 is 9.90 Å². The van der Waals surface area contributed by atoms with Crippen LogP contribution in [0.15, 0.2) is 0 Å². The summed E-state index contributed by atoms with van der Waals surface area (Å²) in [6, 6.07) is -0.412. The number of unbranched alkanes of at least 4 members (excludes halogenated alkanes) is 40. The summed E-state index contributed by atoms with van der Waals surface area (Å²) < 4.78 is 0. The molecule has 0 aliphatic heterocycles. The molecule has 0 spiro atoms. The van der Waals surface area contributed by atoms with Gasteiger partial charge in [-0.05, 0) is 32.4 Å². The Kier molecular flexibility index (Phi) is 53.1. The minimum atomic E-state index is -0.875. The molecule has 318 valence electrons. The molecule has 0 aromatic carbocycles. The SMILES string of the molecule is CCCCCCCCCCCCCCCCCCCCCCCN(CCCCCCCCCCCCCCCCCCCCCCC)C(CC)C(=O)[O-].[K+]. The summed E-state index contributed by atoms with van der Waals surface area (Å²) in [7, 11) is 0. The second-order valence-corrected chi connectivity index (χ2v) is 17.4. The molecule has 54 heavy (non-hydrogen) atoms. The van der Waals surface area contributed by atoms with Gasteiger partial charge in [0.1, 0.15) is 0 Å². The molecule has 0 heterocycles. The largest absolute Gasteiger partial charge is 1.00 e. The fourth-order valence-electron chi connectivity index (χ4n) is 8.49. The Morgan fingerprint density at radius 2 is 0.500 bits per heavy atom. The van der Waals surface area contributed by atoms with E-state index >= 15 is 0 Å². The maximum atomic E-state index is 11.9. The van der Waals surface area contributed by atoms with Crippen LogP contribution in [0.4, 0.5) is 0 Å². The first kappa shape index (κ1) is 57.2. The molecule has 0 aromatic heterocycles. The maximum absolute atomic E-state index is 11.9. The quantitative estimate of drug-likeness (QED) is 0.0456. The summed E-state index contributed by atoms with van der Waals surface area (Å²) in [4.78, 5) is 14.1. The molecule has 0 saturated carbocycles. The topological polar surface area (TPSA) is 43.4 Å². The van der Waals surface area contributed by atoms with E-state index in [0.717, 1.165) is 25.9 Å². The van der Waals surface area contributed by atoms with Crippen LogP contribution < -0.4 is 56.5 Å². The first-order valence-electron chi connectivity index (χ1n) is 25.1. The van der Waals surface area contributed by atoms with E-state index in [2.05, 4.69) is 18.7 Å². The number of rotatable bonds is 47. The maximum Gasteiger partial charge on any atom is 1.00 e. The summed E-state index contributed by atoms with van der Waals surface area (Å²) in [6.07, 6.45) is 59.4. The first-order valence-corrected chi connectivity index (χ1v) is 25.1. The summed E-state index contributed by atoms with van der Waals surface area (Å²) in [6.45, 7) is 8.45. The standard InChI is InChI=1S/C50H101NO2.K/c1-4-7-9-11-13-15-17-19-21-23-25-27-29-31-33-35-37-39-41-43-45-47-51(49(6-3)50(52)53)48-46-44-42-40-38-36-34-32-30-28-26-24-22-20-18-16-14-12-10-8-5-2;/h49H,4-48H2,1-3H3,(H,52,53);/q;+1/p-1. The van der Waals surface area contributed by atoms with Crippen molar-refractivity contribution < 1.29 is 61.3 Å². The summed E-state index contributed by atoms with van der Waals surface area (Å²) in [5, 5.41) is 11.9. The molecule has 0 aliphatic rings. The van der Waals surface area contributed by atoms with Crippen molar-refractivity contribution in [1.82, 2.24) is 4.90 Å². The van der Waals surface area contributed by atoms with Crippen LogP contribution in [0, 0.1) is 0 Å². The zero-order chi connectivity index (χ0) is 38.6. The number of carboxylic acid groups (broad SMARTS) is 1. The molecule has 0 amide bonds. The number of aliphatic carboxylic acids is 1. The van der Waals surface area contributed by atoms with E-state index in [9.17, 15) is 9.90 Å². The van der Waals surface area contributed by atoms with Gasteiger partial charge in [0.05, 0.1) is 5.97 Å². The molecule has 0 fully saturated rings. The van der Waals surface area contributed by atoms with Crippen molar-refractivity contribution in [1.29, 1.82) is 0 Å². The molecule has 1 atom stereocenters. The number of carbonyl (C=O) groups excluding carboxylic acids is 1. The van der Waals surface area contributed by atoms with Crippen LogP contribution in [0.2, 0.25) is 0 Å². The molecular formula is C50H100KNO2. The van der Waals surface area contributed by atoms with Crippen molar-refractivity contribution in [3.63, 3.8) is 0 Å². The van der Waals surface area contributed by atoms with Gasteiger partial charge in [0, 0.05) is 6.04 Å². The van der Waals surface area contributed by atoms with E-state index in [1.54, 1.807) is 0 Å². The molecule has 4 heteroatoms. The van der Waals surface area contributed by atoms with Crippen molar-refractivity contribution in [2.45, 2.75) is 303 Å². The Morgan fingerprint density at radius 3 is 0.648 bits per heavy atom. The molecule has 1 unspecified atom stereocenters. The number of nitrogens with zero attached hydrogens (tertiary/aromatic N) is 1. The molecular weight excluding hydrogens is 686 g/mol. The average molecular weight is 786 g/mol. The van der Waals surface area contributed by atoms with E-state index in [1.807, 2.05) is 6.92 Å². The van der Waals surface area contributed by atoms with Crippen LogP contribution in [0.5, 0.6) is 0 Å². The van der Waals surface area contributed by atoms with Crippen molar-refractivity contribution in [2.75, 3.05) is 13.1 Å². The van der Waals surface area contributed by atoms with Gasteiger partial charge in [-0.25, -0.2) is 0 Å². The molecule has 0 N–H and O–H groups in total. The zero-order valence-corrected chi connectivity index (χ0v) is 41.3. The Morgan fingerprint density at radius 1 is 0.333 bits per heavy atom. The van der Waals surface area contributed by atoms with Gasteiger partial charge in [-0.2, -0.15) is 0 Å². The molecule has 0 radical (unpaired) electrons. The Hall–Kier alpha value is 1.07. The fourth-order valence-corrected chi connectivity index (χ4v) is 8.49. The minimum Gasteiger partial charge on any atom is -0.548 e. The van der Waals surface area contributed by atoms with E-state index in [1.165, 1.54) is 257 Å². The zero-order valence-electron chi connectivity index (χ0n) is 38.2. The van der Waals surface area contributed by atoms with Crippen LogP contribution in [0.25, 0.3) is 0 Å². The molecule has 0 aromatic rings. The Bertz CT molecular complexity index is 642. The van der Waals surface area contributed by atoms with Crippen molar-refractivity contribution in [3.05, 3.63) is 0 Å². The normalized spacial score (nSPS) is 12.1. The van der Waals surface area contributed by atoms with Gasteiger partial charge in [0.15, 0.2) is 0 Å². The molecule has 3 nitrogen and oxygen atoms in total. The van der Waals surface area contributed by atoms with Crippen LogP contribution in [-0.2, 0) is 4.79 Å². The van der Waals surface area contributed by atoms with Gasteiger partial charge in [0.25, 0.3) is 0 Å². The van der Waals surface area contributed by atoms with Crippen molar-refractivity contribution in [2.24, 2.45) is 0 Å². The van der Waals surface area contributed by atoms with Gasteiger partial charge in [-0.15, -0.1) is 0 Å². The second-order valence-electron chi connectivity index (χ2n) is 17.4. The second kappa shape index (κ2) is 50.2. The summed E-state index contributed by atoms with van der Waals surface area (Å²) in [5.41, 5.74) is 0. The fraction of sp³-hybridized carbons (Fsp3) is 0.980.